The number of ketones is 1. The Bertz CT molecular complexity index is 910. The molecule has 2 aromatic rings. The van der Waals surface area contributed by atoms with Crippen molar-refractivity contribution in [3.05, 3.63) is 41.7 Å². The van der Waals surface area contributed by atoms with E-state index in [1.54, 1.807) is 17.1 Å². The maximum atomic E-state index is 11.9. The van der Waals surface area contributed by atoms with Gasteiger partial charge in [0.1, 0.15) is 0 Å². The van der Waals surface area contributed by atoms with Gasteiger partial charge in [0.25, 0.3) is 0 Å². The number of fused-ring (bicyclic) bond motifs is 1. The molecule has 1 aromatic heterocycles. The van der Waals surface area contributed by atoms with Gasteiger partial charge in [0, 0.05) is 36.0 Å². The van der Waals surface area contributed by atoms with Crippen molar-refractivity contribution in [1.82, 2.24) is 15.3 Å². The van der Waals surface area contributed by atoms with Gasteiger partial charge in [0.15, 0.2) is 5.78 Å². The molecule has 1 aliphatic rings. The minimum atomic E-state index is -2.43. The number of Topliss-reactive ketones (excluding diaryl/α,β-unsaturated/α-hetero) is 1. The molecule has 0 fully saturated rings. The number of carbonyl (C=O) groups is 2. The number of hydroxylamine groups is 1. The van der Waals surface area contributed by atoms with Crippen LogP contribution in [0.3, 0.4) is 0 Å². The maximum Gasteiger partial charge on any atom is 0.250 e. The average Bonchev–Trinajstić information content (AvgIpc) is 3.25. The molecule has 3 rings (SSSR count). The first-order valence-corrected chi connectivity index (χ1v) is 9.76. The summed E-state index contributed by atoms with van der Waals surface area (Å²) in [6.07, 6.45) is 4.95. The van der Waals surface area contributed by atoms with Gasteiger partial charge in [-0.25, -0.2) is 5.48 Å². The Morgan fingerprint density at radius 2 is 2.19 bits per heavy atom. The number of aromatic nitrogens is 2. The molecule has 27 heavy (non-hydrogen) atoms. The van der Waals surface area contributed by atoms with E-state index in [0.29, 0.717) is 13.0 Å². The monoisotopic (exact) mass is 390 g/mol. The van der Waals surface area contributed by atoms with Crippen molar-refractivity contribution >= 4 is 22.8 Å². The number of hydrogen-bond acceptors (Lipinski definition) is 6. The summed E-state index contributed by atoms with van der Waals surface area (Å²) in [7, 11) is 0. The molecule has 1 amide bonds. The van der Waals surface area contributed by atoms with Gasteiger partial charge in [0.05, 0.1) is 11.6 Å². The topological polar surface area (TPSA) is 124 Å². The molecule has 8 nitrogen and oxygen atoms in total. The smallest absolute Gasteiger partial charge is 0.250 e. The molecule has 1 aromatic carbocycles. The van der Waals surface area contributed by atoms with Crippen LogP contribution in [0.2, 0.25) is 0 Å². The Morgan fingerprint density at radius 1 is 1.41 bits per heavy atom. The number of aryl methyl sites for hydroxylation is 2. The molecule has 2 unspecified atom stereocenters. The molecule has 0 saturated carbocycles. The summed E-state index contributed by atoms with van der Waals surface area (Å²) < 4.78 is 23.7. The zero-order valence-corrected chi connectivity index (χ0v) is 15.6. The normalized spacial score (nSPS) is 16.6. The number of benzene rings is 1. The second-order valence-corrected chi connectivity index (χ2v) is 7.88. The zero-order chi connectivity index (χ0) is 19.6. The molecule has 2 atom stereocenters. The van der Waals surface area contributed by atoms with Gasteiger partial charge >= 0.3 is 0 Å². The van der Waals surface area contributed by atoms with E-state index in [4.69, 9.17) is 5.21 Å². The van der Waals surface area contributed by atoms with Crippen LogP contribution in [0.1, 0.15) is 35.7 Å². The lowest BCUT2D eigenvalue weighted by molar-refractivity contribution is -0.138. The average molecular weight is 390 g/mol. The van der Waals surface area contributed by atoms with Gasteiger partial charge in [-0.15, -0.1) is 0 Å². The molecule has 1 aliphatic carbocycles. The number of carbonyl (C=O) groups excluding carboxylic acids is 2. The van der Waals surface area contributed by atoms with E-state index in [0.717, 1.165) is 28.7 Å². The molecule has 2 N–H and O–H groups in total. The molecule has 1 heterocycles. The Kier molecular flexibility index (Phi) is 5.54. The first-order chi connectivity index (χ1) is 12.8. The zero-order valence-electron chi connectivity index (χ0n) is 14.8. The first-order valence-electron chi connectivity index (χ1n) is 8.52. The highest BCUT2D eigenvalue weighted by molar-refractivity contribution is 7.79. The third-order valence-electron chi connectivity index (χ3n) is 4.98. The number of rotatable bonds is 7. The summed E-state index contributed by atoms with van der Waals surface area (Å²) in [5, 5.41) is 13.1. The van der Waals surface area contributed by atoms with Gasteiger partial charge in [0.2, 0.25) is 5.91 Å². The lowest BCUT2D eigenvalue weighted by atomic mass is 9.88. The van der Waals surface area contributed by atoms with Crippen LogP contribution < -0.4 is 5.48 Å². The third-order valence-corrected chi connectivity index (χ3v) is 5.85. The van der Waals surface area contributed by atoms with Gasteiger partial charge in [-0.05, 0) is 37.0 Å². The Labute approximate surface area is 158 Å². The predicted molar refractivity (Wildman–Crippen MR) is 96.8 cm³/mol. The van der Waals surface area contributed by atoms with E-state index < -0.39 is 28.2 Å². The van der Waals surface area contributed by atoms with Crippen molar-refractivity contribution in [2.24, 2.45) is 5.41 Å². The van der Waals surface area contributed by atoms with E-state index >= 15 is 0 Å². The van der Waals surface area contributed by atoms with Crippen molar-refractivity contribution in [3.63, 3.8) is 0 Å². The summed E-state index contributed by atoms with van der Waals surface area (Å²) in [6, 6.07) is 5.78. The van der Waals surface area contributed by atoms with Gasteiger partial charge in [-0.2, -0.15) is 5.10 Å². The van der Waals surface area contributed by atoms with E-state index in [-0.39, 0.29) is 12.2 Å². The highest BCUT2D eigenvalue weighted by Crippen LogP contribution is 2.28. The van der Waals surface area contributed by atoms with Crippen molar-refractivity contribution in [3.8, 4) is 11.1 Å². The summed E-state index contributed by atoms with van der Waals surface area (Å²) in [5.41, 5.74) is 3.79. The second kappa shape index (κ2) is 7.71. The second-order valence-electron chi connectivity index (χ2n) is 6.99. The third kappa shape index (κ3) is 4.15. The van der Waals surface area contributed by atoms with Crippen molar-refractivity contribution in [1.29, 1.82) is 0 Å². The van der Waals surface area contributed by atoms with Crippen molar-refractivity contribution in [2.45, 2.75) is 32.7 Å². The van der Waals surface area contributed by atoms with E-state index in [1.807, 2.05) is 18.2 Å². The maximum absolute atomic E-state index is 11.9. The highest BCUT2D eigenvalue weighted by atomic mass is 32.2. The molecule has 0 saturated heterocycles. The summed E-state index contributed by atoms with van der Waals surface area (Å²) in [5.74, 6) is -1.01. The highest BCUT2D eigenvalue weighted by Gasteiger charge is 2.33. The summed E-state index contributed by atoms with van der Waals surface area (Å²) >= 11 is -2.43. The van der Waals surface area contributed by atoms with Crippen LogP contribution in [0.15, 0.2) is 30.6 Å². The fraction of sp³-hybridized carbons (Fsp3) is 0.389. The number of nitrogens with zero attached hydrogens (tertiary/aromatic N) is 2. The lowest BCUT2D eigenvalue weighted by Crippen LogP contribution is -2.42. The molecular weight excluding hydrogens is 370 g/mol. The van der Waals surface area contributed by atoms with Crippen molar-refractivity contribution < 1.29 is 23.6 Å². The van der Waals surface area contributed by atoms with Crippen LogP contribution in [-0.2, 0) is 28.8 Å². The number of amides is 1. The lowest BCUT2D eigenvalue weighted by Gasteiger charge is -2.27. The molecule has 0 spiro atoms. The number of hydrogen-bond donors (Lipinski definition) is 2. The number of nitrogens with one attached hydrogen (secondary N) is 1. The SMILES string of the molecule is CC(CCn1cc(-c2ccc3c(c2)C(=O)CC3)cn1)(CS(=O)[O-])C(=O)NO. The standard InChI is InChI=1S/C18H21N3O5S/c1-18(11-27(25)26,17(23)20-24)6-7-21-10-14(9-19-21)13-3-2-12-4-5-16(22)15(12)8-13/h2-3,8-10,24H,4-7,11H2,1H3,(H,20,23)(H,25,26)/p-1. The molecular formula is C18H20N3O5S-. The Hall–Kier alpha value is -2.36. The van der Waals surface area contributed by atoms with Gasteiger partial charge < -0.3 is 4.55 Å². The molecule has 0 bridgehead atoms. The van der Waals surface area contributed by atoms with E-state index in [1.165, 1.54) is 12.4 Å². The van der Waals surface area contributed by atoms with Gasteiger partial charge in [-0.1, -0.05) is 23.2 Å². The van der Waals surface area contributed by atoms with Crippen molar-refractivity contribution in [2.75, 3.05) is 5.75 Å². The van der Waals surface area contributed by atoms with E-state index in [2.05, 4.69) is 5.10 Å². The van der Waals surface area contributed by atoms with Gasteiger partial charge in [-0.3, -0.25) is 23.7 Å². The quantitative estimate of drug-likeness (QED) is 0.419. The minimum Gasteiger partial charge on any atom is -0.772 e. The largest absolute Gasteiger partial charge is 0.772 e. The first kappa shape index (κ1) is 19.4. The van der Waals surface area contributed by atoms with Crippen LogP contribution in [0.5, 0.6) is 0 Å². The van der Waals surface area contributed by atoms with Crippen LogP contribution in [-0.4, -0.2) is 41.2 Å². The van der Waals surface area contributed by atoms with Crippen LogP contribution >= 0.6 is 0 Å². The summed E-state index contributed by atoms with van der Waals surface area (Å²) in [4.78, 5) is 23.8. The molecule has 0 aliphatic heterocycles. The molecule has 144 valence electrons. The fourth-order valence-electron chi connectivity index (χ4n) is 3.26. The predicted octanol–water partition coefficient (Wildman–Crippen LogP) is 1.46. The van der Waals surface area contributed by atoms with Crippen LogP contribution in [0, 0.1) is 5.41 Å². The van der Waals surface area contributed by atoms with Crippen LogP contribution in [0.25, 0.3) is 11.1 Å². The fourth-order valence-corrected chi connectivity index (χ4v) is 4.05. The Balaban J connectivity index is 1.74. The van der Waals surface area contributed by atoms with E-state index in [9.17, 15) is 18.4 Å². The summed E-state index contributed by atoms with van der Waals surface area (Å²) in [6.45, 7) is 1.77. The molecule has 9 heteroatoms. The molecule has 0 radical (unpaired) electrons. The Morgan fingerprint density at radius 3 is 2.89 bits per heavy atom. The van der Waals surface area contributed by atoms with Crippen LogP contribution in [0.4, 0.5) is 0 Å². The minimum absolute atomic E-state index is 0.149.